The van der Waals surface area contributed by atoms with E-state index >= 15 is 0 Å². The van der Waals surface area contributed by atoms with E-state index in [1.807, 2.05) is 0 Å². The molecule has 0 bridgehead atoms. The van der Waals surface area contributed by atoms with Crippen molar-refractivity contribution in [1.29, 1.82) is 0 Å². The lowest BCUT2D eigenvalue weighted by Gasteiger charge is -2.25. The second kappa shape index (κ2) is 5.96. The van der Waals surface area contributed by atoms with Crippen molar-refractivity contribution in [2.24, 2.45) is 18.9 Å². The summed E-state index contributed by atoms with van der Waals surface area (Å²) in [6.07, 6.45) is 5.99. The van der Waals surface area contributed by atoms with E-state index in [1.54, 1.807) is 10.8 Å². The average molecular weight is 364 g/mol. The number of aryl methyl sites for hydroxylation is 1. The summed E-state index contributed by atoms with van der Waals surface area (Å²) in [5.41, 5.74) is 3.51. The molecule has 3 aromatic rings. The number of nitrogens with one attached hydrogen (secondary N) is 1. The van der Waals surface area contributed by atoms with E-state index in [0.29, 0.717) is 24.4 Å². The van der Waals surface area contributed by atoms with E-state index in [9.17, 15) is 9.59 Å². The molecule has 0 spiro atoms. The van der Waals surface area contributed by atoms with Crippen molar-refractivity contribution in [3.63, 3.8) is 0 Å². The minimum absolute atomic E-state index is 0.312. The number of benzene rings is 1. The van der Waals surface area contributed by atoms with Gasteiger partial charge in [-0.05, 0) is 48.9 Å². The topological polar surface area (TPSA) is 63.0 Å². The van der Waals surface area contributed by atoms with Crippen molar-refractivity contribution in [1.82, 2.24) is 19.0 Å². The second-order valence-corrected chi connectivity index (χ2v) is 8.18. The number of likely N-dealkylation sites (N-methyl/N-ethyl adjacent to an activating group) is 1. The summed E-state index contributed by atoms with van der Waals surface area (Å²) < 4.78 is 3.89. The standard InChI is InChI=1S/C21H24N4O2/c1-23-10-14-9-18-16(8-13-4-3-5-17(23)20(13)14)15(11-24(18)2)12-25-7-6-19(26)22-21(25)27/h3-7,10,15-16,18H,8-9,11-12H2,1-2H3,(H,22,26,27)/t15-,16-,18+/m0/s1. The minimum Gasteiger partial charge on any atom is -0.350 e. The Morgan fingerprint density at radius 3 is 2.78 bits per heavy atom. The molecule has 3 heterocycles. The molecule has 3 atom stereocenters. The van der Waals surface area contributed by atoms with Crippen molar-refractivity contribution >= 4 is 10.9 Å². The fourth-order valence-electron chi connectivity index (χ4n) is 5.35. The highest BCUT2D eigenvalue weighted by atomic mass is 16.2. The molecule has 27 heavy (non-hydrogen) atoms. The van der Waals surface area contributed by atoms with E-state index in [0.717, 1.165) is 19.4 Å². The van der Waals surface area contributed by atoms with Gasteiger partial charge in [0.1, 0.15) is 0 Å². The first-order valence-corrected chi connectivity index (χ1v) is 9.57. The van der Waals surface area contributed by atoms with Crippen LogP contribution in [0.4, 0.5) is 0 Å². The number of H-pyrrole nitrogens is 1. The van der Waals surface area contributed by atoms with Gasteiger partial charge in [0.15, 0.2) is 0 Å². The first-order chi connectivity index (χ1) is 13.0. The molecular weight excluding hydrogens is 340 g/mol. The van der Waals surface area contributed by atoms with Gasteiger partial charge in [0.2, 0.25) is 0 Å². The summed E-state index contributed by atoms with van der Waals surface area (Å²) in [6, 6.07) is 8.52. The lowest BCUT2D eigenvalue weighted by Crippen LogP contribution is -2.34. The lowest BCUT2D eigenvalue weighted by atomic mass is 9.85. The van der Waals surface area contributed by atoms with Gasteiger partial charge in [-0.1, -0.05) is 12.1 Å². The molecule has 0 saturated carbocycles. The zero-order valence-electron chi connectivity index (χ0n) is 15.7. The van der Waals surface area contributed by atoms with Crippen molar-refractivity contribution in [3.05, 3.63) is 68.6 Å². The van der Waals surface area contributed by atoms with Crippen LogP contribution in [0.5, 0.6) is 0 Å². The Bertz CT molecular complexity index is 1140. The fourth-order valence-corrected chi connectivity index (χ4v) is 5.35. The molecule has 0 radical (unpaired) electrons. The molecule has 1 aromatic carbocycles. The predicted octanol–water partition coefficient (Wildman–Crippen LogP) is 1.37. The number of aromatic amines is 1. The number of fused-ring (bicyclic) bond motifs is 1. The SMILES string of the molecule is CN1C[C@@H](Cn2ccc(=O)[nH]c2=O)[C@@H]2Cc3cccc4c3c(cn4C)C[C@H]21. The lowest BCUT2D eigenvalue weighted by molar-refractivity contribution is 0.266. The van der Waals surface area contributed by atoms with E-state index in [1.165, 1.54) is 28.1 Å². The van der Waals surface area contributed by atoms with E-state index in [-0.39, 0.29) is 11.2 Å². The summed E-state index contributed by atoms with van der Waals surface area (Å²) in [6.45, 7) is 1.62. The van der Waals surface area contributed by atoms with Gasteiger partial charge in [0.25, 0.3) is 5.56 Å². The van der Waals surface area contributed by atoms with Crippen LogP contribution in [0.1, 0.15) is 11.1 Å². The number of hydrogen-bond acceptors (Lipinski definition) is 3. The summed E-state index contributed by atoms with van der Waals surface area (Å²) >= 11 is 0. The number of rotatable bonds is 2. The maximum absolute atomic E-state index is 12.2. The molecule has 1 saturated heterocycles. The summed E-state index contributed by atoms with van der Waals surface area (Å²) in [5, 5.41) is 1.42. The van der Waals surface area contributed by atoms with Gasteiger partial charge in [-0.2, -0.15) is 0 Å². The van der Waals surface area contributed by atoms with Gasteiger partial charge in [-0.3, -0.25) is 9.78 Å². The zero-order valence-corrected chi connectivity index (χ0v) is 15.7. The first kappa shape index (κ1) is 16.6. The van der Waals surface area contributed by atoms with Gasteiger partial charge in [0.05, 0.1) is 0 Å². The van der Waals surface area contributed by atoms with Crippen molar-refractivity contribution in [2.75, 3.05) is 13.6 Å². The largest absolute Gasteiger partial charge is 0.350 e. The monoisotopic (exact) mass is 364 g/mol. The van der Waals surface area contributed by atoms with Crippen LogP contribution in [0.25, 0.3) is 10.9 Å². The van der Waals surface area contributed by atoms with Crippen molar-refractivity contribution in [2.45, 2.75) is 25.4 Å². The second-order valence-electron chi connectivity index (χ2n) is 8.18. The van der Waals surface area contributed by atoms with Gasteiger partial charge in [-0.25, -0.2) is 4.79 Å². The van der Waals surface area contributed by atoms with Gasteiger partial charge < -0.3 is 14.0 Å². The normalized spacial score (nSPS) is 24.9. The van der Waals surface area contributed by atoms with Crippen molar-refractivity contribution < 1.29 is 0 Å². The van der Waals surface area contributed by atoms with Crippen molar-refractivity contribution in [3.8, 4) is 0 Å². The smallest absolute Gasteiger partial charge is 0.328 e. The van der Waals surface area contributed by atoms with Crippen LogP contribution in [0.15, 0.2) is 46.2 Å². The van der Waals surface area contributed by atoms with Crippen LogP contribution in [-0.4, -0.2) is 38.7 Å². The Balaban J connectivity index is 1.53. The molecule has 1 aliphatic heterocycles. The van der Waals surface area contributed by atoms with E-state index in [2.05, 4.69) is 52.9 Å². The molecule has 6 heteroatoms. The molecule has 2 aliphatic rings. The Morgan fingerprint density at radius 2 is 1.96 bits per heavy atom. The Kier molecular flexibility index (Phi) is 3.65. The Morgan fingerprint density at radius 1 is 1.11 bits per heavy atom. The predicted molar refractivity (Wildman–Crippen MR) is 105 cm³/mol. The van der Waals surface area contributed by atoms with Gasteiger partial charge in [-0.15, -0.1) is 0 Å². The maximum atomic E-state index is 12.2. The summed E-state index contributed by atoms with van der Waals surface area (Å²) in [7, 11) is 4.32. The van der Waals surface area contributed by atoms with Crippen LogP contribution in [0, 0.1) is 11.8 Å². The maximum Gasteiger partial charge on any atom is 0.328 e. The molecule has 0 amide bonds. The Labute approximate surface area is 157 Å². The number of nitrogens with zero attached hydrogens (tertiary/aromatic N) is 3. The zero-order chi connectivity index (χ0) is 18.7. The van der Waals surface area contributed by atoms with Crippen LogP contribution in [-0.2, 0) is 26.4 Å². The molecule has 6 nitrogen and oxygen atoms in total. The highest BCUT2D eigenvalue weighted by Gasteiger charge is 2.42. The highest BCUT2D eigenvalue weighted by molar-refractivity contribution is 5.87. The number of aromatic nitrogens is 3. The van der Waals surface area contributed by atoms with Gasteiger partial charge in [0, 0.05) is 55.5 Å². The van der Waals surface area contributed by atoms with Crippen LogP contribution in [0.2, 0.25) is 0 Å². The molecule has 1 aliphatic carbocycles. The third-order valence-electron chi connectivity index (χ3n) is 6.58. The fraction of sp³-hybridized carbons (Fsp3) is 0.429. The van der Waals surface area contributed by atoms with E-state index in [4.69, 9.17) is 0 Å². The van der Waals surface area contributed by atoms with E-state index < -0.39 is 0 Å². The summed E-state index contributed by atoms with van der Waals surface area (Å²) in [4.78, 5) is 28.3. The number of likely N-dealkylation sites (tertiary alicyclic amines) is 1. The first-order valence-electron chi connectivity index (χ1n) is 9.57. The molecule has 0 unspecified atom stereocenters. The van der Waals surface area contributed by atoms with Crippen LogP contribution < -0.4 is 11.2 Å². The molecule has 2 aromatic heterocycles. The third kappa shape index (κ3) is 2.58. The Hall–Kier alpha value is -2.60. The summed E-state index contributed by atoms with van der Waals surface area (Å²) in [5.74, 6) is 0.883. The highest BCUT2D eigenvalue weighted by Crippen LogP contribution is 2.40. The molecular formula is C21H24N4O2. The average Bonchev–Trinajstić information content (AvgIpc) is 3.02. The molecule has 140 valence electrons. The minimum atomic E-state index is -0.338. The third-order valence-corrected chi connectivity index (χ3v) is 6.58. The van der Waals surface area contributed by atoms with Crippen LogP contribution in [0.3, 0.4) is 0 Å². The number of hydrogen-bond donors (Lipinski definition) is 1. The molecule has 5 rings (SSSR count). The quantitative estimate of drug-likeness (QED) is 0.747. The van der Waals surface area contributed by atoms with Crippen LogP contribution >= 0.6 is 0 Å². The molecule has 1 N–H and O–H groups in total. The molecule has 1 fully saturated rings. The van der Waals surface area contributed by atoms with Gasteiger partial charge >= 0.3 is 5.69 Å².